The van der Waals surface area contributed by atoms with Gasteiger partial charge in [-0.2, -0.15) is 0 Å². The minimum Gasteiger partial charge on any atom is -0.376 e. The number of fused-ring (bicyclic) bond motifs is 2. The molecule has 8 atom stereocenters. The van der Waals surface area contributed by atoms with E-state index in [4.69, 9.17) is 9.47 Å². The first-order valence-electron chi connectivity index (χ1n) is 16.3. The van der Waals surface area contributed by atoms with Crippen LogP contribution in [0.5, 0.6) is 0 Å². The first kappa shape index (κ1) is 28.9. The lowest BCUT2D eigenvalue weighted by atomic mass is 9.81. The van der Waals surface area contributed by atoms with Crippen LogP contribution in [0.3, 0.4) is 0 Å². The molecule has 0 unspecified atom stereocenters. The number of hydrogen-bond donors (Lipinski definition) is 2. The van der Waals surface area contributed by atoms with Crippen molar-refractivity contribution >= 4 is 0 Å². The van der Waals surface area contributed by atoms with Crippen molar-refractivity contribution < 1.29 is 9.47 Å². The lowest BCUT2D eigenvalue weighted by Gasteiger charge is -2.28. The zero-order valence-electron chi connectivity index (χ0n) is 24.7. The third kappa shape index (κ3) is 7.59. The summed E-state index contributed by atoms with van der Waals surface area (Å²) < 4.78 is 12.6. The average Bonchev–Trinajstić information content (AvgIpc) is 3.55. The van der Waals surface area contributed by atoms with E-state index in [1.165, 1.54) is 56.1 Å². The van der Waals surface area contributed by atoms with Crippen LogP contribution in [0.1, 0.15) is 56.1 Å². The molecule has 4 heteroatoms. The molecule has 0 aliphatic heterocycles. The van der Waals surface area contributed by atoms with Gasteiger partial charge in [0.15, 0.2) is 0 Å². The zero-order chi connectivity index (χ0) is 27.7. The summed E-state index contributed by atoms with van der Waals surface area (Å²) in [5.74, 6) is 4.37. The molecule has 2 fully saturated rings. The van der Waals surface area contributed by atoms with Gasteiger partial charge >= 0.3 is 0 Å². The number of rotatable bonds is 14. The Morgan fingerprint density at radius 1 is 0.561 bits per heavy atom. The van der Waals surface area contributed by atoms with Gasteiger partial charge in [0.2, 0.25) is 0 Å². The zero-order valence-corrected chi connectivity index (χ0v) is 24.7. The standard InChI is InChI=1S/C37H50N2O2/c1-3-12-28(13-4-1)24-40-26-34-32-18-9-7-16-30(32)22-36(34)38-20-11-21-39-37-23-31-17-8-10-19-33(31)35(37)27-41-25-29-14-5-2-6-15-29/h1-10,12-15,30-39H,11,16-27H2/t30-,31-,32+,33+,34-,35-,36+,37+/m0/s1. The first-order chi connectivity index (χ1) is 20.3. The smallest absolute Gasteiger partial charge is 0.0717 e. The largest absolute Gasteiger partial charge is 0.376 e. The van der Waals surface area contributed by atoms with Gasteiger partial charge < -0.3 is 20.1 Å². The van der Waals surface area contributed by atoms with Gasteiger partial charge in [-0.15, -0.1) is 0 Å². The van der Waals surface area contributed by atoms with Crippen LogP contribution >= 0.6 is 0 Å². The van der Waals surface area contributed by atoms with Crippen molar-refractivity contribution in [3.8, 4) is 0 Å². The van der Waals surface area contributed by atoms with Crippen molar-refractivity contribution in [2.45, 2.75) is 70.2 Å². The summed E-state index contributed by atoms with van der Waals surface area (Å²) in [7, 11) is 0. The van der Waals surface area contributed by atoms with E-state index in [2.05, 4.69) is 95.6 Å². The molecule has 220 valence electrons. The Morgan fingerprint density at radius 2 is 1.00 bits per heavy atom. The van der Waals surface area contributed by atoms with Crippen molar-refractivity contribution in [1.82, 2.24) is 10.6 Å². The highest BCUT2D eigenvalue weighted by molar-refractivity contribution is 5.14. The summed E-state index contributed by atoms with van der Waals surface area (Å²) in [6.07, 6.45) is 18.3. The fraction of sp³-hybridized carbons (Fsp3) is 0.568. The van der Waals surface area contributed by atoms with Gasteiger partial charge in [-0.3, -0.25) is 0 Å². The second-order valence-corrected chi connectivity index (χ2v) is 13.0. The maximum absolute atomic E-state index is 6.30. The molecule has 2 saturated carbocycles. The van der Waals surface area contributed by atoms with E-state index >= 15 is 0 Å². The monoisotopic (exact) mass is 554 g/mol. The van der Waals surface area contributed by atoms with Crippen LogP contribution in [0.15, 0.2) is 85.0 Å². The highest BCUT2D eigenvalue weighted by Gasteiger charge is 2.44. The molecular weight excluding hydrogens is 504 g/mol. The van der Waals surface area contributed by atoms with Gasteiger partial charge in [-0.25, -0.2) is 0 Å². The first-order valence-corrected chi connectivity index (χ1v) is 16.3. The molecule has 4 aliphatic carbocycles. The predicted molar refractivity (Wildman–Crippen MR) is 167 cm³/mol. The van der Waals surface area contributed by atoms with E-state index in [9.17, 15) is 0 Å². The van der Waals surface area contributed by atoms with Gasteiger partial charge in [0.05, 0.1) is 26.4 Å². The fourth-order valence-corrected chi connectivity index (χ4v) is 8.36. The summed E-state index contributed by atoms with van der Waals surface area (Å²) in [6.45, 7) is 5.32. The predicted octanol–water partition coefficient (Wildman–Crippen LogP) is 6.93. The molecule has 0 amide bonds. The third-order valence-corrected chi connectivity index (χ3v) is 10.5. The van der Waals surface area contributed by atoms with Crippen LogP contribution < -0.4 is 10.6 Å². The SMILES string of the molecule is C1=CC[C@@H]2[C@@H](C1)C[C@@H](NCCCN[C@@H]1C[C@@H]3CC=CC[C@H]3[C@@H]1COCc1ccccc1)[C@H]2COCc1ccccc1. The maximum atomic E-state index is 6.30. The van der Waals surface area contributed by atoms with E-state index in [1.54, 1.807) is 0 Å². The van der Waals surface area contributed by atoms with Crippen LogP contribution in [0, 0.1) is 35.5 Å². The van der Waals surface area contributed by atoms with Crippen LogP contribution in [-0.2, 0) is 22.7 Å². The van der Waals surface area contributed by atoms with Gasteiger partial charge in [-0.1, -0.05) is 85.0 Å². The van der Waals surface area contributed by atoms with Crippen LogP contribution in [0.4, 0.5) is 0 Å². The van der Waals surface area contributed by atoms with E-state index < -0.39 is 0 Å². The summed E-state index contributed by atoms with van der Waals surface area (Å²) in [6, 6.07) is 22.4. The van der Waals surface area contributed by atoms with Crippen molar-refractivity contribution in [2.24, 2.45) is 35.5 Å². The molecule has 2 aromatic carbocycles. The van der Waals surface area contributed by atoms with Crippen LogP contribution in [0.2, 0.25) is 0 Å². The molecule has 41 heavy (non-hydrogen) atoms. The summed E-state index contributed by atoms with van der Waals surface area (Å²) in [5, 5.41) is 7.99. The number of hydrogen-bond acceptors (Lipinski definition) is 4. The highest BCUT2D eigenvalue weighted by Crippen LogP contribution is 2.45. The van der Waals surface area contributed by atoms with Crippen molar-refractivity contribution in [3.63, 3.8) is 0 Å². The molecule has 0 aromatic heterocycles. The van der Waals surface area contributed by atoms with Crippen molar-refractivity contribution in [3.05, 3.63) is 96.1 Å². The average molecular weight is 555 g/mol. The topological polar surface area (TPSA) is 42.5 Å². The molecule has 0 spiro atoms. The Labute approximate surface area is 248 Å². The molecule has 6 rings (SSSR count). The van der Waals surface area contributed by atoms with Gasteiger partial charge in [-0.05, 0) is 92.8 Å². The van der Waals surface area contributed by atoms with Crippen LogP contribution in [0.25, 0.3) is 0 Å². The van der Waals surface area contributed by atoms with Gasteiger partial charge in [0.25, 0.3) is 0 Å². The Morgan fingerprint density at radius 3 is 1.46 bits per heavy atom. The number of nitrogens with one attached hydrogen (secondary N) is 2. The normalized spacial score (nSPS) is 32.2. The molecule has 2 N–H and O–H groups in total. The minimum atomic E-state index is 0.570. The molecule has 4 aliphatic rings. The summed E-state index contributed by atoms with van der Waals surface area (Å²) in [5.41, 5.74) is 2.54. The van der Waals surface area contributed by atoms with Crippen LogP contribution in [-0.4, -0.2) is 38.4 Å². The molecule has 0 saturated heterocycles. The second-order valence-electron chi connectivity index (χ2n) is 13.0. The molecule has 4 nitrogen and oxygen atoms in total. The summed E-state index contributed by atoms with van der Waals surface area (Å²) in [4.78, 5) is 0. The molecule has 2 aromatic rings. The Balaban J connectivity index is 0.957. The van der Waals surface area contributed by atoms with E-state index in [-0.39, 0.29) is 0 Å². The van der Waals surface area contributed by atoms with Gasteiger partial charge in [0, 0.05) is 23.9 Å². The van der Waals surface area contributed by atoms with Crippen molar-refractivity contribution in [1.29, 1.82) is 0 Å². The van der Waals surface area contributed by atoms with Gasteiger partial charge in [0.1, 0.15) is 0 Å². The Hall–Kier alpha value is -2.24. The second kappa shape index (κ2) is 14.8. The van der Waals surface area contributed by atoms with E-state index in [0.29, 0.717) is 23.9 Å². The maximum Gasteiger partial charge on any atom is 0.0717 e. The lowest BCUT2D eigenvalue weighted by Crippen LogP contribution is -2.40. The number of allylic oxidation sites excluding steroid dienone is 4. The highest BCUT2D eigenvalue weighted by atomic mass is 16.5. The van der Waals surface area contributed by atoms with Crippen molar-refractivity contribution in [2.75, 3.05) is 26.3 Å². The Bertz CT molecular complexity index is 1010. The third-order valence-electron chi connectivity index (χ3n) is 10.5. The number of ether oxygens (including phenoxy) is 2. The summed E-state index contributed by atoms with van der Waals surface area (Å²) >= 11 is 0. The molecule has 0 heterocycles. The fourth-order valence-electron chi connectivity index (χ4n) is 8.36. The molecule has 0 radical (unpaired) electrons. The number of benzene rings is 2. The quantitative estimate of drug-likeness (QED) is 0.196. The Kier molecular flexibility index (Phi) is 10.4. The van der Waals surface area contributed by atoms with E-state index in [1.807, 2.05) is 0 Å². The molecular formula is C37H50N2O2. The minimum absolute atomic E-state index is 0.570. The molecule has 0 bridgehead atoms. The lowest BCUT2D eigenvalue weighted by molar-refractivity contribution is 0.0598. The van der Waals surface area contributed by atoms with E-state index in [0.717, 1.165) is 63.2 Å².